The number of carbonyl (C=O) groups is 1. The summed E-state index contributed by atoms with van der Waals surface area (Å²) in [6.45, 7) is 2.73. The van der Waals surface area contributed by atoms with Crippen molar-refractivity contribution in [1.29, 1.82) is 0 Å². The zero-order valence-corrected chi connectivity index (χ0v) is 10.4. The molecule has 1 saturated heterocycles. The molecule has 2 rings (SSSR count). The quantitative estimate of drug-likeness (QED) is 0.823. The monoisotopic (exact) mass is 249 g/mol. The number of ether oxygens (including phenoxy) is 1. The van der Waals surface area contributed by atoms with E-state index >= 15 is 0 Å². The Balaban J connectivity index is 1.82. The summed E-state index contributed by atoms with van der Waals surface area (Å²) in [5, 5.41) is 2.92. The average Bonchev–Trinajstić information content (AvgIpc) is 2.46. The van der Waals surface area contributed by atoms with Gasteiger partial charge < -0.3 is 15.8 Å². The summed E-state index contributed by atoms with van der Waals surface area (Å²) >= 11 is 0. The van der Waals surface area contributed by atoms with Crippen LogP contribution < -0.4 is 11.1 Å². The van der Waals surface area contributed by atoms with E-state index in [4.69, 9.17) is 10.5 Å². The normalized spacial score (nSPS) is 16.5. The third-order valence-corrected chi connectivity index (χ3v) is 3.19. The van der Waals surface area contributed by atoms with E-state index in [9.17, 15) is 4.79 Å². The van der Waals surface area contributed by atoms with Crippen LogP contribution in [0.5, 0.6) is 0 Å². The van der Waals surface area contributed by atoms with Gasteiger partial charge >= 0.3 is 0 Å². The fourth-order valence-electron chi connectivity index (χ4n) is 1.96. The van der Waals surface area contributed by atoms with E-state index < -0.39 is 0 Å². The van der Waals surface area contributed by atoms with Crippen molar-refractivity contribution in [3.8, 4) is 0 Å². The van der Waals surface area contributed by atoms with Crippen molar-refractivity contribution in [2.45, 2.75) is 19.4 Å². The number of hydrogen-bond acceptors (Lipinski definition) is 4. The number of nitrogens with one attached hydrogen (secondary N) is 1. The van der Waals surface area contributed by atoms with Crippen LogP contribution in [0.3, 0.4) is 0 Å². The Bertz CT molecular complexity index is 386. The van der Waals surface area contributed by atoms with Crippen molar-refractivity contribution in [1.82, 2.24) is 10.3 Å². The highest BCUT2D eigenvalue weighted by molar-refractivity contribution is 5.92. The first kappa shape index (κ1) is 13.0. The van der Waals surface area contributed by atoms with Gasteiger partial charge in [-0.2, -0.15) is 0 Å². The summed E-state index contributed by atoms with van der Waals surface area (Å²) in [4.78, 5) is 15.9. The Kier molecular flexibility index (Phi) is 4.66. The lowest BCUT2D eigenvalue weighted by Gasteiger charge is -2.22. The Labute approximate surface area is 107 Å². The van der Waals surface area contributed by atoms with Crippen molar-refractivity contribution in [2.75, 3.05) is 19.8 Å². The molecule has 1 aliphatic rings. The average molecular weight is 249 g/mol. The van der Waals surface area contributed by atoms with Crippen molar-refractivity contribution in [2.24, 2.45) is 11.7 Å². The highest BCUT2D eigenvalue weighted by atomic mass is 16.5. The fourth-order valence-corrected chi connectivity index (χ4v) is 1.96. The van der Waals surface area contributed by atoms with E-state index in [1.165, 1.54) is 0 Å². The van der Waals surface area contributed by atoms with Gasteiger partial charge in [0.2, 0.25) is 0 Å². The predicted molar refractivity (Wildman–Crippen MR) is 68.0 cm³/mol. The van der Waals surface area contributed by atoms with Gasteiger partial charge in [0.1, 0.15) is 5.69 Å². The Morgan fingerprint density at radius 1 is 1.44 bits per heavy atom. The number of carbonyl (C=O) groups excluding carboxylic acids is 1. The maximum Gasteiger partial charge on any atom is 0.269 e. The Hall–Kier alpha value is -1.46. The minimum absolute atomic E-state index is 0.120. The molecule has 0 radical (unpaired) electrons. The third-order valence-electron chi connectivity index (χ3n) is 3.19. The number of amides is 1. The SMILES string of the molecule is NCc1ccc(C(=O)NCC2CCOCC2)nc1. The highest BCUT2D eigenvalue weighted by Crippen LogP contribution is 2.13. The Morgan fingerprint density at radius 2 is 2.22 bits per heavy atom. The molecule has 0 saturated carbocycles. The van der Waals surface area contributed by atoms with Crippen LogP contribution in [0.25, 0.3) is 0 Å². The highest BCUT2D eigenvalue weighted by Gasteiger charge is 2.15. The van der Waals surface area contributed by atoms with Gasteiger partial charge in [0.25, 0.3) is 5.91 Å². The first-order valence-corrected chi connectivity index (χ1v) is 6.30. The van der Waals surface area contributed by atoms with E-state index in [0.29, 0.717) is 24.7 Å². The van der Waals surface area contributed by atoms with Crippen LogP contribution in [0.2, 0.25) is 0 Å². The molecule has 0 aliphatic carbocycles. The summed E-state index contributed by atoms with van der Waals surface area (Å²) in [6, 6.07) is 3.54. The van der Waals surface area contributed by atoms with Gasteiger partial charge in [-0.15, -0.1) is 0 Å². The lowest BCUT2D eigenvalue weighted by molar-refractivity contribution is 0.0642. The van der Waals surface area contributed by atoms with Gasteiger partial charge in [0, 0.05) is 32.5 Å². The van der Waals surface area contributed by atoms with Crippen molar-refractivity contribution in [3.63, 3.8) is 0 Å². The number of nitrogens with two attached hydrogens (primary N) is 1. The van der Waals surface area contributed by atoms with E-state index in [1.807, 2.05) is 6.07 Å². The molecule has 1 aromatic heterocycles. The topological polar surface area (TPSA) is 77.2 Å². The van der Waals surface area contributed by atoms with Crippen LogP contribution in [0.4, 0.5) is 0 Å². The van der Waals surface area contributed by atoms with E-state index in [-0.39, 0.29) is 5.91 Å². The lowest BCUT2D eigenvalue weighted by atomic mass is 10.0. The van der Waals surface area contributed by atoms with Crippen LogP contribution in [0, 0.1) is 5.92 Å². The Morgan fingerprint density at radius 3 is 2.83 bits per heavy atom. The van der Waals surface area contributed by atoms with Crippen LogP contribution in [-0.4, -0.2) is 30.6 Å². The molecule has 0 bridgehead atoms. The van der Waals surface area contributed by atoms with Gasteiger partial charge in [-0.3, -0.25) is 9.78 Å². The maximum atomic E-state index is 11.9. The van der Waals surface area contributed by atoms with E-state index in [1.54, 1.807) is 12.3 Å². The predicted octanol–water partition coefficient (Wildman–Crippen LogP) is 0.697. The molecule has 1 amide bonds. The van der Waals surface area contributed by atoms with Gasteiger partial charge in [0.15, 0.2) is 0 Å². The molecule has 0 atom stereocenters. The molecule has 0 unspecified atom stereocenters. The largest absolute Gasteiger partial charge is 0.381 e. The summed E-state index contributed by atoms with van der Waals surface area (Å²) in [7, 11) is 0. The molecule has 5 heteroatoms. The van der Waals surface area contributed by atoms with Crippen molar-refractivity contribution in [3.05, 3.63) is 29.6 Å². The molecular formula is C13H19N3O2. The minimum Gasteiger partial charge on any atom is -0.381 e. The molecular weight excluding hydrogens is 230 g/mol. The second kappa shape index (κ2) is 6.47. The van der Waals surface area contributed by atoms with E-state index in [0.717, 1.165) is 31.6 Å². The van der Waals surface area contributed by atoms with E-state index in [2.05, 4.69) is 10.3 Å². The van der Waals surface area contributed by atoms with Crippen LogP contribution in [0.1, 0.15) is 28.9 Å². The summed E-state index contributed by atoms with van der Waals surface area (Å²) < 4.78 is 5.28. The maximum absolute atomic E-state index is 11.9. The smallest absolute Gasteiger partial charge is 0.269 e. The van der Waals surface area contributed by atoms with Gasteiger partial charge in [0.05, 0.1) is 0 Å². The van der Waals surface area contributed by atoms with Crippen LogP contribution in [0.15, 0.2) is 18.3 Å². The van der Waals surface area contributed by atoms with Crippen LogP contribution in [-0.2, 0) is 11.3 Å². The molecule has 3 N–H and O–H groups in total. The molecule has 5 nitrogen and oxygen atoms in total. The summed E-state index contributed by atoms with van der Waals surface area (Å²) in [5.74, 6) is 0.399. The fraction of sp³-hybridized carbons (Fsp3) is 0.538. The number of aromatic nitrogens is 1. The number of pyridine rings is 1. The molecule has 1 aromatic rings. The molecule has 0 aromatic carbocycles. The van der Waals surface area contributed by atoms with Gasteiger partial charge in [-0.25, -0.2) is 0 Å². The zero-order chi connectivity index (χ0) is 12.8. The second-order valence-electron chi connectivity index (χ2n) is 4.52. The lowest BCUT2D eigenvalue weighted by Crippen LogP contribution is -2.32. The summed E-state index contributed by atoms with van der Waals surface area (Å²) in [5.41, 5.74) is 6.85. The standard InChI is InChI=1S/C13H19N3O2/c14-7-11-1-2-12(15-9-11)13(17)16-8-10-3-5-18-6-4-10/h1-2,9-10H,3-8,14H2,(H,16,17). The molecule has 1 fully saturated rings. The minimum atomic E-state index is -0.120. The number of nitrogens with zero attached hydrogens (tertiary/aromatic N) is 1. The zero-order valence-electron chi connectivity index (χ0n) is 10.4. The van der Waals surface area contributed by atoms with Crippen molar-refractivity contribution >= 4 is 5.91 Å². The molecule has 1 aliphatic heterocycles. The van der Waals surface area contributed by atoms with Crippen molar-refractivity contribution < 1.29 is 9.53 Å². The molecule has 18 heavy (non-hydrogen) atoms. The summed E-state index contributed by atoms with van der Waals surface area (Å²) in [6.07, 6.45) is 3.67. The van der Waals surface area contributed by atoms with Gasteiger partial charge in [-0.05, 0) is 30.4 Å². The first-order chi connectivity index (χ1) is 8.79. The first-order valence-electron chi connectivity index (χ1n) is 6.30. The molecule has 98 valence electrons. The number of rotatable bonds is 4. The second-order valence-corrected chi connectivity index (χ2v) is 4.52. The van der Waals surface area contributed by atoms with Gasteiger partial charge in [-0.1, -0.05) is 6.07 Å². The third kappa shape index (κ3) is 3.51. The van der Waals surface area contributed by atoms with Crippen LogP contribution >= 0.6 is 0 Å². The molecule has 0 spiro atoms. The number of hydrogen-bond donors (Lipinski definition) is 2. The molecule has 2 heterocycles.